The van der Waals surface area contributed by atoms with Crippen LogP contribution in [-0.2, 0) is 26.8 Å². The molecule has 3 heteroatoms. The van der Waals surface area contributed by atoms with Crippen LogP contribution in [0.4, 0.5) is 0 Å². The molecule has 0 aliphatic heterocycles. The molecule has 172 valence electrons. The van der Waals surface area contributed by atoms with Crippen molar-refractivity contribution in [3.8, 4) is 5.75 Å². The van der Waals surface area contributed by atoms with Crippen molar-refractivity contribution in [1.82, 2.24) is 0 Å². The second-order valence-corrected chi connectivity index (χ2v) is 11.7. The van der Waals surface area contributed by atoms with Gasteiger partial charge in [0.05, 0.1) is 12.5 Å². The molecule has 0 radical (unpaired) electrons. The number of esters is 1. The Kier molecular flexibility index (Phi) is 9.02. The summed E-state index contributed by atoms with van der Waals surface area (Å²) < 4.78 is 5.76. The Balaban J connectivity index is 3.06. The molecule has 1 atom stereocenters. The van der Waals surface area contributed by atoms with E-state index in [2.05, 4.69) is 81.4 Å². The Morgan fingerprint density at radius 1 is 0.967 bits per heavy atom. The van der Waals surface area contributed by atoms with E-state index in [1.807, 2.05) is 0 Å². The molecule has 0 bridgehead atoms. The van der Waals surface area contributed by atoms with Crippen molar-refractivity contribution in [3.05, 3.63) is 28.8 Å². The molecule has 0 amide bonds. The summed E-state index contributed by atoms with van der Waals surface area (Å²) in [6.45, 7) is 21.7. The van der Waals surface area contributed by atoms with Gasteiger partial charge in [-0.1, -0.05) is 94.2 Å². The lowest BCUT2D eigenvalue weighted by Crippen LogP contribution is -2.28. The van der Waals surface area contributed by atoms with Crippen LogP contribution in [0.1, 0.15) is 112 Å². The van der Waals surface area contributed by atoms with Crippen LogP contribution in [0.3, 0.4) is 0 Å². The molecule has 0 saturated carbocycles. The third-order valence-electron chi connectivity index (χ3n) is 5.81. The fraction of sp³-hybridized carbons (Fsp3) is 0.741. The molecule has 0 fully saturated rings. The van der Waals surface area contributed by atoms with Gasteiger partial charge in [-0.3, -0.25) is 4.79 Å². The molecule has 30 heavy (non-hydrogen) atoms. The first-order valence-corrected chi connectivity index (χ1v) is 11.7. The number of aromatic hydroxyl groups is 1. The van der Waals surface area contributed by atoms with Crippen molar-refractivity contribution in [2.75, 3.05) is 6.61 Å². The van der Waals surface area contributed by atoms with E-state index in [1.54, 1.807) is 0 Å². The summed E-state index contributed by atoms with van der Waals surface area (Å²) in [6, 6.07) is 4.26. The molecule has 1 unspecified atom stereocenters. The molecule has 3 nitrogen and oxygen atoms in total. The number of carbonyl (C=O) groups is 1. The zero-order chi connectivity index (χ0) is 23.3. The second-order valence-electron chi connectivity index (χ2n) is 11.7. The number of benzene rings is 1. The highest BCUT2D eigenvalue weighted by Crippen LogP contribution is 2.40. The molecule has 0 saturated heterocycles. The number of ether oxygens (including phenoxy) is 1. The van der Waals surface area contributed by atoms with E-state index in [1.165, 1.54) is 5.56 Å². The molecule has 0 aliphatic carbocycles. The maximum absolute atomic E-state index is 12.5. The van der Waals surface area contributed by atoms with E-state index >= 15 is 0 Å². The maximum atomic E-state index is 12.5. The summed E-state index contributed by atoms with van der Waals surface area (Å²) in [5, 5.41) is 10.9. The van der Waals surface area contributed by atoms with Gasteiger partial charge in [0.2, 0.25) is 0 Å². The van der Waals surface area contributed by atoms with Crippen LogP contribution in [0.25, 0.3) is 0 Å². The molecule has 1 aromatic rings. The number of hydrogen-bond acceptors (Lipinski definition) is 3. The van der Waals surface area contributed by atoms with E-state index in [4.69, 9.17) is 4.74 Å². The molecule has 1 N–H and O–H groups in total. The van der Waals surface area contributed by atoms with Crippen molar-refractivity contribution in [2.24, 2.45) is 11.3 Å². The Morgan fingerprint density at radius 3 is 1.87 bits per heavy atom. The lowest BCUT2D eigenvalue weighted by atomic mass is 9.76. The zero-order valence-corrected chi connectivity index (χ0v) is 21.2. The molecule has 1 aromatic carbocycles. The fourth-order valence-electron chi connectivity index (χ4n) is 3.87. The number of phenolic OH excluding ortho intramolecular Hbond substituents is 1. The number of hydrogen-bond donors (Lipinski definition) is 1. The van der Waals surface area contributed by atoms with E-state index in [-0.39, 0.29) is 28.1 Å². The van der Waals surface area contributed by atoms with Gasteiger partial charge in [0.25, 0.3) is 0 Å². The number of carbonyl (C=O) groups excluding carboxylic acids is 1. The van der Waals surface area contributed by atoms with Crippen LogP contribution in [-0.4, -0.2) is 17.7 Å². The van der Waals surface area contributed by atoms with Gasteiger partial charge in [-0.25, -0.2) is 0 Å². The average Bonchev–Trinajstić information content (AvgIpc) is 2.60. The minimum absolute atomic E-state index is 0.00871. The van der Waals surface area contributed by atoms with Crippen LogP contribution < -0.4 is 0 Å². The molecule has 0 heterocycles. The van der Waals surface area contributed by atoms with Gasteiger partial charge in [0.15, 0.2) is 0 Å². The summed E-state index contributed by atoms with van der Waals surface area (Å²) in [7, 11) is 0. The Morgan fingerprint density at radius 2 is 1.47 bits per heavy atom. The van der Waals surface area contributed by atoms with Gasteiger partial charge < -0.3 is 9.84 Å². The van der Waals surface area contributed by atoms with Gasteiger partial charge in [0.1, 0.15) is 5.75 Å². The summed E-state index contributed by atoms with van der Waals surface area (Å²) in [5.41, 5.74) is 2.66. The average molecular weight is 419 g/mol. The monoisotopic (exact) mass is 418 g/mol. The Bertz CT molecular complexity index is 667. The van der Waals surface area contributed by atoms with Crippen LogP contribution in [0.5, 0.6) is 5.75 Å². The molecule has 1 rings (SSSR count). The molecule has 0 aromatic heterocycles. The lowest BCUT2D eigenvalue weighted by molar-refractivity contribution is -0.152. The third kappa shape index (κ3) is 7.63. The Labute approximate surface area is 185 Å². The smallest absolute Gasteiger partial charge is 0.308 e. The van der Waals surface area contributed by atoms with Crippen LogP contribution in [0, 0.1) is 11.3 Å². The molecular weight excluding hydrogens is 372 g/mol. The first kappa shape index (κ1) is 26.5. The van der Waals surface area contributed by atoms with E-state index < -0.39 is 0 Å². The Hall–Kier alpha value is -1.51. The first-order valence-electron chi connectivity index (χ1n) is 11.7. The number of unbranched alkanes of at least 4 members (excludes halogenated alkanes) is 1. The minimum Gasteiger partial charge on any atom is -0.507 e. The molecule has 0 spiro atoms. The van der Waals surface area contributed by atoms with E-state index in [0.717, 1.165) is 43.2 Å². The fourth-order valence-corrected chi connectivity index (χ4v) is 3.87. The molecular formula is C27H46O3. The van der Waals surface area contributed by atoms with Crippen molar-refractivity contribution in [1.29, 1.82) is 0 Å². The second kappa shape index (κ2) is 10.2. The number of phenols is 1. The number of rotatable bonds is 9. The summed E-state index contributed by atoms with van der Waals surface area (Å²) >= 11 is 0. The van der Waals surface area contributed by atoms with Crippen molar-refractivity contribution < 1.29 is 14.6 Å². The summed E-state index contributed by atoms with van der Waals surface area (Å²) in [4.78, 5) is 12.5. The van der Waals surface area contributed by atoms with Gasteiger partial charge in [-0.15, -0.1) is 0 Å². The highest BCUT2D eigenvalue weighted by Gasteiger charge is 2.29. The third-order valence-corrected chi connectivity index (χ3v) is 5.81. The van der Waals surface area contributed by atoms with Crippen molar-refractivity contribution in [3.63, 3.8) is 0 Å². The summed E-state index contributed by atoms with van der Waals surface area (Å²) in [6.07, 6.45) is 4.70. The standard InChI is InChI=1S/C27H46O3/c1-11-13-14-20(12-2)24(29)30-18-27(9,10)17-19-15-21(25(3,4)5)23(28)22(16-19)26(6,7)8/h15-16,20,28H,11-14,17-18H2,1-10H3. The maximum Gasteiger partial charge on any atom is 0.308 e. The highest BCUT2D eigenvalue weighted by molar-refractivity contribution is 5.72. The quantitative estimate of drug-likeness (QED) is 0.427. The van der Waals surface area contributed by atoms with E-state index in [9.17, 15) is 9.90 Å². The predicted molar refractivity (Wildman–Crippen MR) is 127 cm³/mol. The largest absolute Gasteiger partial charge is 0.507 e. The van der Waals surface area contributed by atoms with Crippen LogP contribution in [0.15, 0.2) is 12.1 Å². The normalized spacial score (nSPS) is 13.9. The van der Waals surface area contributed by atoms with Gasteiger partial charge in [0, 0.05) is 5.41 Å². The SMILES string of the molecule is CCCCC(CC)C(=O)OCC(C)(C)Cc1cc(C(C)(C)C)c(O)c(C(C)(C)C)c1. The van der Waals surface area contributed by atoms with Crippen molar-refractivity contribution in [2.45, 2.75) is 112 Å². The lowest BCUT2D eigenvalue weighted by Gasteiger charge is -2.30. The zero-order valence-electron chi connectivity index (χ0n) is 21.2. The van der Waals surface area contributed by atoms with Crippen molar-refractivity contribution >= 4 is 5.97 Å². The predicted octanol–water partition coefficient (Wildman–Crippen LogP) is 7.32. The highest BCUT2D eigenvalue weighted by atomic mass is 16.5. The summed E-state index contributed by atoms with van der Waals surface area (Å²) in [5.74, 6) is 0.356. The van der Waals surface area contributed by atoms with Gasteiger partial charge >= 0.3 is 5.97 Å². The topological polar surface area (TPSA) is 46.5 Å². The minimum atomic E-state index is -0.181. The van der Waals surface area contributed by atoms with Gasteiger partial charge in [-0.2, -0.15) is 0 Å². The first-order chi connectivity index (χ1) is 13.6. The van der Waals surface area contributed by atoms with Gasteiger partial charge in [-0.05, 0) is 46.8 Å². The molecule has 0 aliphatic rings. The van der Waals surface area contributed by atoms with Crippen LogP contribution >= 0.6 is 0 Å². The van der Waals surface area contributed by atoms with E-state index in [0.29, 0.717) is 12.4 Å². The van der Waals surface area contributed by atoms with Crippen LogP contribution in [0.2, 0.25) is 0 Å².